The quantitative estimate of drug-likeness (QED) is 0.309. The monoisotopic (exact) mass is 508 g/mol. The zero-order valence-corrected chi connectivity index (χ0v) is 23.8. The summed E-state index contributed by atoms with van der Waals surface area (Å²) >= 11 is 0. The predicted octanol–water partition coefficient (Wildman–Crippen LogP) is 3.22. The molecule has 3 aliphatic carbocycles. The van der Waals surface area contributed by atoms with Gasteiger partial charge in [-0.2, -0.15) is 0 Å². The van der Waals surface area contributed by atoms with Crippen molar-refractivity contribution >= 4 is 10.4 Å². The molecule has 7 heteroatoms. The number of fused-ring (bicyclic) bond motifs is 1. The minimum absolute atomic E-state index is 0. The number of rotatable bonds is 8. The van der Waals surface area contributed by atoms with Gasteiger partial charge in [-0.25, -0.2) is 8.42 Å². The molecule has 0 amide bonds. The minimum atomic E-state index is -4.76. The molecule has 3 aliphatic rings. The van der Waals surface area contributed by atoms with Gasteiger partial charge in [0.1, 0.15) is 0 Å². The molecule has 34 heavy (non-hydrogen) atoms. The molecule has 5 atom stereocenters. The van der Waals surface area contributed by atoms with Crippen LogP contribution < -0.4 is 29.6 Å². The van der Waals surface area contributed by atoms with E-state index in [0.29, 0.717) is 43.9 Å². The third-order valence-corrected chi connectivity index (χ3v) is 8.85. The molecule has 0 radical (unpaired) electrons. The number of aliphatic hydroxyl groups is 1. The molecule has 0 aromatic rings. The Bertz CT molecular complexity index is 1070. The maximum Gasteiger partial charge on any atom is 1.00 e. The van der Waals surface area contributed by atoms with Crippen molar-refractivity contribution in [2.24, 2.45) is 23.2 Å². The minimum Gasteiger partial charge on any atom is -0.726 e. The van der Waals surface area contributed by atoms with Crippen LogP contribution in [0.2, 0.25) is 0 Å². The van der Waals surface area contributed by atoms with Crippen LogP contribution in [0.15, 0.2) is 35.5 Å². The fourth-order valence-electron chi connectivity index (χ4n) is 6.73. The van der Waals surface area contributed by atoms with E-state index < -0.39 is 35.8 Å². The summed E-state index contributed by atoms with van der Waals surface area (Å²) in [5.74, 6) is 1.04. The van der Waals surface area contributed by atoms with E-state index in [-0.39, 0.29) is 47.3 Å². The Labute approximate surface area is 238 Å². The molecule has 1 N–H and O–H groups in total. The molecular weight excluding hydrogens is 459 g/mol. The van der Waals surface area contributed by atoms with E-state index in [4.69, 9.17) is 12.4 Å². The molecule has 0 spiro atoms. The summed E-state index contributed by atoms with van der Waals surface area (Å²) in [6.07, 6.45) is 10.7. The van der Waals surface area contributed by atoms with Gasteiger partial charge in [-0.05, 0) is 93.8 Å². The summed E-state index contributed by atoms with van der Waals surface area (Å²) in [7, 11) is -4.76. The molecule has 2 unspecified atom stereocenters. The Kier molecular flexibility index (Phi) is 7.83. The van der Waals surface area contributed by atoms with Gasteiger partial charge in [-0.15, -0.1) is 0 Å². The van der Waals surface area contributed by atoms with E-state index in [1.165, 1.54) is 5.57 Å². The van der Waals surface area contributed by atoms with Crippen LogP contribution in [0.25, 0.3) is 0 Å². The SMILES string of the molecule is [2H]C([2H])([2H])C(O)(CCC[C@@H](C)C1CCC2/C(=C/C=C3/C[C@@H](OS(=O)(=O)[O-])CCC3=C)CCC[C@@]21C)C([2H])([2H])[2H].[Na+]. The second-order valence-corrected chi connectivity index (χ2v) is 11.7. The van der Waals surface area contributed by atoms with Gasteiger partial charge < -0.3 is 9.66 Å². The Morgan fingerprint density at radius 1 is 1.32 bits per heavy atom. The van der Waals surface area contributed by atoms with Crippen LogP contribution in [0.1, 0.15) is 106 Å². The number of hydrogen-bond donors (Lipinski definition) is 1. The summed E-state index contributed by atoms with van der Waals surface area (Å²) in [4.78, 5) is 0. The van der Waals surface area contributed by atoms with Gasteiger partial charge in [0.05, 0.1) is 11.7 Å². The number of hydrogen-bond acceptors (Lipinski definition) is 5. The van der Waals surface area contributed by atoms with Crippen LogP contribution in [0.3, 0.4) is 0 Å². The first-order chi connectivity index (χ1) is 17.8. The smallest absolute Gasteiger partial charge is 0.726 e. The van der Waals surface area contributed by atoms with Crippen molar-refractivity contribution in [3.05, 3.63) is 35.5 Å². The van der Waals surface area contributed by atoms with Crippen molar-refractivity contribution in [2.75, 3.05) is 0 Å². The third-order valence-electron chi connectivity index (χ3n) is 8.35. The van der Waals surface area contributed by atoms with E-state index in [9.17, 15) is 18.1 Å². The summed E-state index contributed by atoms with van der Waals surface area (Å²) in [6.45, 7) is 2.63. The normalized spacial score (nSPS) is 36.9. The predicted molar refractivity (Wildman–Crippen MR) is 131 cm³/mol. The van der Waals surface area contributed by atoms with Crippen LogP contribution in [-0.2, 0) is 14.6 Å². The standard InChI is InChI=1S/C27H44O5S.Na/c1-19-10-13-23(32-33(29,30)31)18-22(19)12-11-21-9-7-17-27(5)24(14-15-25(21)27)20(2)8-6-16-26(3,4)28;/h11-12,20,23-25,28H,1,6-10,13-18H2,2-5H3,(H,29,30,31);/q;+1/p-1/b21-11+,22-12-;/t20-,23+,24?,25?,27-;/m1./s1/i3D3,4D3;. The Hall–Kier alpha value is 0.0500. The first kappa shape index (κ1) is 22.1. The average Bonchev–Trinajstić information content (AvgIpc) is 3.14. The molecule has 3 saturated carbocycles. The summed E-state index contributed by atoms with van der Waals surface area (Å²) in [6, 6.07) is 0. The average molecular weight is 509 g/mol. The van der Waals surface area contributed by atoms with Crippen molar-refractivity contribution in [1.82, 2.24) is 0 Å². The fourth-order valence-corrected chi connectivity index (χ4v) is 7.22. The molecule has 0 heterocycles. The molecule has 0 bridgehead atoms. The Morgan fingerprint density at radius 2 is 2.06 bits per heavy atom. The van der Waals surface area contributed by atoms with Gasteiger partial charge in [-0.3, -0.25) is 4.18 Å². The third kappa shape index (κ3) is 8.03. The van der Waals surface area contributed by atoms with E-state index in [1.54, 1.807) is 0 Å². The maximum absolute atomic E-state index is 11.0. The number of allylic oxidation sites excluding steroid dienone is 4. The molecule has 3 fully saturated rings. The molecule has 0 aromatic heterocycles. The van der Waals surface area contributed by atoms with Gasteiger partial charge in [0.25, 0.3) is 0 Å². The molecule has 0 aliphatic heterocycles. The van der Waals surface area contributed by atoms with E-state index in [0.717, 1.165) is 43.3 Å². The largest absolute Gasteiger partial charge is 1.00 e. The van der Waals surface area contributed by atoms with Crippen LogP contribution in [0.4, 0.5) is 0 Å². The molecule has 0 aromatic carbocycles. The molecule has 0 saturated heterocycles. The summed E-state index contributed by atoms with van der Waals surface area (Å²) < 4.78 is 83.5. The van der Waals surface area contributed by atoms with Gasteiger partial charge in [0, 0.05) is 14.6 Å². The Balaban J connectivity index is 0.00000560. The first-order valence-electron chi connectivity index (χ1n) is 15.2. The molecule has 5 nitrogen and oxygen atoms in total. The van der Waals surface area contributed by atoms with E-state index >= 15 is 0 Å². The van der Waals surface area contributed by atoms with Crippen LogP contribution in [0.5, 0.6) is 0 Å². The van der Waals surface area contributed by atoms with Gasteiger partial charge in [-0.1, -0.05) is 56.6 Å². The Morgan fingerprint density at radius 3 is 2.74 bits per heavy atom. The van der Waals surface area contributed by atoms with Gasteiger partial charge in [0.15, 0.2) is 0 Å². The second kappa shape index (κ2) is 12.1. The zero-order valence-electron chi connectivity index (χ0n) is 26.9. The van der Waals surface area contributed by atoms with Crippen molar-refractivity contribution in [3.8, 4) is 0 Å². The molecule has 188 valence electrons. The van der Waals surface area contributed by atoms with Gasteiger partial charge >= 0.3 is 29.6 Å². The van der Waals surface area contributed by atoms with Crippen molar-refractivity contribution < 1.29 is 60.0 Å². The topological polar surface area (TPSA) is 86.7 Å². The van der Waals surface area contributed by atoms with Crippen LogP contribution in [-0.4, -0.2) is 29.8 Å². The van der Waals surface area contributed by atoms with Crippen molar-refractivity contribution in [1.29, 1.82) is 0 Å². The van der Waals surface area contributed by atoms with Crippen molar-refractivity contribution in [2.45, 2.75) is 110 Å². The summed E-state index contributed by atoms with van der Waals surface area (Å²) in [5.41, 5.74) is 0.561. The van der Waals surface area contributed by atoms with Gasteiger partial charge in [0.2, 0.25) is 10.4 Å². The zero-order chi connectivity index (χ0) is 29.4. The summed E-state index contributed by atoms with van der Waals surface area (Å²) in [5, 5.41) is 10.6. The molecule has 3 rings (SSSR count). The van der Waals surface area contributed by atoms with Crippen LogP contribution in [0, 0.1) is 23.2 Å². The van der Waals surface area contributed by atoms with E-state index in [2.05, 4.69) is 26.5 Å². The van der Waals surface area contributed by atoms with E-state index in [1.807, 2.05) is 6.08 Å². The maximum atomic E-state index is 11.0. The second-order valence-electron chi connectivity index (χ2n) is 10.7. The fraction of sp³-hybridized carbons (Fsp3) is 0.778. The van der Waals surface area contributed by atoms with Crippen molar-refractivity contribution in [3.63, 3.8) is 0 Å². The molecular formula is C27H43NaO5S. The van der Waals surface area contributed by atoms with Crippen LogP contribution >= 0.6 is 0 Å². The first-order valence-corrected chi connectivity index (χ1v) is 13.6.